The summed E-state index contributed by atoms with van der Waals surface area (Å²) in [7, 11) is 6.69. The van der Waals surface area contributed by atoms with Crippen molar-refractivity contribution in [3.8, 4) is 5.75 Å². The predicted molar refractivity (Wildman–Crippen MR) is 44.9 cm³/mol. The molecule has 0 saturated heterocycles. The molecule has 0 bridgehead atoms. The molecular formula is C8H7BO3. The van der Waals surface area contributed by atoms with Gasteiger partial charge in [0.2, 0.25) is 0 Å². The van der Waals surface area contributed by atoms with E-state index in [1.807, 2.05) is 0 Å². The third kappa shape index (κ3) is 2.30. The molecule has 0 aliphatic heterocycles. The zero-order valence-electron chi connectivity index (χ0n) is 6.61. The molecule has 0 unspecified atom stereocenters. The Labute approximate surface area is 71.7 Å². The molecule has 2 radical (unpaired) electrons. The van der Waals surface area contributed by atoms with Gasteiger partial charge in [-0.3, -0.25) is 0 Å². The minimum absolute atomic E-state index is 0.377. The second kappa shape index (κ2) is 3.81. The highest BCUT2D eigenvalue weighted by Gasteiger charge is 2.01. The maximum Gasteiger partial charge on any atom is 0.513 e. The van der Waals surface area contributed by atoms with Crippen LogP contribution >= 0.6 is 0 Å². The van der Waals surface area contributed by atoms with E-state index in [-0.39, 0.29) is 0 Å². The standard InChI is InChI=1S/C8H7BO3/c1-11-8(10)12-7-4-2-3-6(9)5-7/h2-5H,1H3. The largest absolute Gasteiger partial charge is 0.513 e. The van der Waals surface area contributed by atoms with E-state index in [0.29, 0.717) is 11.2 Å². The van der Waals surface area contributed by atoms with Crippen LogP contribution in [0.1, 0.15) is 0 Å². The highest BCUT2D eigenvalue weighted by molar-refractivity contribution is 6.32. The molecule has 0 N–H and O–H groups in total. The summed E-state index contributed by atoms with van der Waals surface area (Å²) in [5, 5.41) is 0. The number of carbonyl (C=O) groups excluding carboxylic acids is 1. The second-order valence-corrected chi connectivity index (χ2v) is 2.13. The van der Waals surface area contributed by atoms with Gasteiger partial charge in [-0.25, -0.2) is 4.79 Å². The van der Waals surface area contributed by atoms with E-state index in [1.165, 1.54) is 13.2 Å². The molecule has 12 heavy (non-hydrogen) atoms. The van der Waals surface area contributed by atoms with Crippen molar-refractivity contribution in [3.05, 3.63) is 24.3 Å². The topological polar surface area (TPSA) is 35.5 Å². The monoisotopic (exact) mass is 162 g/mol. The molecule has 0 aliphatic carbocycles. The van der Waals surface area contributed by atoms with Crippen LogP contribution in [-0.2, 0) is 4.74 Å². The average Bonchev–Trinajstić information content (AvgIpc) is 2.04. The summed E-state index contributed by atoms with van der Waals surface area (Å²) in [6.07, 6.45) is -0.749. The molecule has 0 fully saturated rings. The average molecular weight is 162 g/mol. The summed E-state index contributed by atoms with van der Waals surface area (Å²) in [4.78, 5) is 10.6. The van der Waals surface area contributed by atoms with Gasteiger partial charge in [0.05, 0.1) is 7.11 Å². The summed E-state index contributed by atoms with van der Waals surface area (Å²) >= 11 is 0. The molecule has 0 atom stereocenters. The van der Waals surface area contributed by atoms with Gasteiger partial charge >= 0.3 is 6.16 Å². The van der Waals surface area contributed by atoms with Crippen molar-refractivity contribution in [2.75, 3.05) is 7.11 Å². The van der Waals surface area contributed by atoms with Gasteiger partial charge in [-0.15, -0.1) is 0 Å². The summed E-state index contributed by atoms with van der Waals surface area (Å²) < 4.78 is 9.00. The smallest absolute Gasteiger partial charge is 0.437 e. The van der Waals surface area contributed by atoms with Crippen LogP contribution in [0, 0.1) is 0 Å². The second-order valence-electron chi connectivity index (χ2n) is 2.13. The lowest BCUT2D eigenvalue weighted by Gasteiger charge is -2.02. The van der Waals surface area contributed by atoms with Crippen LogP contribution in [0.3, 0.4) is 0 Å². The fraction of sp³-hybridized carbons (Fsp3) is 0.125. The summed E-state index contributed by atoms with van der Waals surface area (Å²) in [6, 6.07) is 6.54. The Balaban J connectivity index is 2.69. The SMILES string of the molecule is [B]c1cccc(OC(=O)OC)c1. The normalized spacial score (nSPS) is 9.08. The van der Waals surface area contributed by atoms with E-state index < -0.39 is 6.16 Å². The summed E-state index contributed by atoms with van der Waals surface area (Å²) in [6.45, 7) is 0. The summed E-state index contributed by atoms with van der Waals surface area (Å²) in [5.41, 5.74) is 0.538. The van der Waals surface area contributed by atoms with Crippen LogP contribution in [0.25, 0.3) is 0 Å². The molecule has 1 aromatic carbocycles. The van der Waals surface area contributed by atoms with Crippen LogP contribution in [0.15, 0.2) is 24.3 Å². The zero-order valence-corrected chi connectivity index (χ0v) is 6.61. The van der Waals surface area contributed by atoms with E-state index in [9.17, 15) is 4.79 Å². The Hall–Kier alpha value is -1.45. The van der Waals surface area contributed by atoms with Crippen LogP contribution in [-0.4, -0.2) is 21.1 Å². The van der Waals surface area contributed by atoms with E-state index in [1.54, 1.807) is 18.2 Å². The van der Waals surface area contributed by atoms with Crippen LogP contribution in [0.5, 0.6) is 5.75 Å². The van der Waals surface area contributed by atoms with Crippen molar-refractivity contribution in [2.24, 2.45) is 0 Å². The van der Waals surface area contributed by atoms with Crippen molar-refractivity contribution < 1.29 is 14.3 Å². The first-order chi connectivity index (χ1) is 5.72. The van der Waals surface area contributed by atoms with Crippen LogP contribution in [0.4, 0.5) is 4.79 Å². The number of methoxy groups -OCH3 is 1. The van der Waals surface area contributed by atoms with E-state index in [0.717, 1.165) is 0 Å². The first-order valence-electron chi connectivity index (χ1n) is 3.33. The number of hydrogen-bond donors (Lipinski definition) is 0. The maximum absolute atomic E-state index is 10.6. The third-order valence-corrected chi connectivity index (χ3v) is 1.23. The van der Waals surface area contributed by atoms with Crippen molar-refractivity contribution >= 4 is 19.5 Å². The molecule has 0 aromatic heterocycles. The van der Waals surface area contributed by atoms with Crippen molar-refractivity contribution in [1.82, 2.24) is 0 Å². The minimum Gasteiger partial charge on any atom is -0.437 e. The Kier molecular flexibility index (Phi) is 2.74. The minimum atomic E-state index is -0.749. The molecule has 0 amide bonds. The van der Waals surface area contributed by atoms with Gasteiger partial charge in [0.25, 0.3) is 0 Å². The van der Waals surface area contributed by atoms with E-state index in [2.05, 4.69) is 4.74 Å². The van der Waals surface area contributed by atoms with Crippen molar-refractivity contribution in [1.29, 1.82) is 0 Å². The van der Waals surface area contributed by atoms with Crippen molar-refractivity contribution in [2.45, 2.75) is 0 Å². The number of benzene rings is 1. The Morgan fingerprint density at radius 1 is 1.50 bits per heavy atom. The maximum atomic E-state index is 10.6. The van der Waals surface area contributed by atoms with Gasteiger partial charge in [-0.2, -0.15) is 0 Å². The van der Waals surface area contributed by atoms with Gasteiger partial charge in [0, 0.05) is 0 Å². The van der Waals surface area contributed by atoms with Crippen molar-refractivity contribution in [3.63, 3.8) is 0 Å². The molecular weight excluding hydrogens is 155 g/mol. The number of rotatable bonds is 1. The van der Waals surface area contributed by atoms with E-state index >= 15 is 0 Å². The predicted octanol–water partition coefficient (Wildman–Crippen LogP) is 0.626. The quantitative estimate of drug-likeness (QED) is 0.345. The third-order valence-electron chi connectivity index (χ3n) is 1.23. The van der Waals surface area contributed by atoms with Gasteiger partial charge in [0.15, 0.2) is 0 Å². The molecule has 1 rings (SSSR count). The Morgan fingerprint density at radius 3 is 2.83 bits per heavy atom. The van der Waals surface area contributed by atoms with Gasteiger partial charge < -0.3 is 9.47 Å². The molecule has 0 spiro atoms. The van der Waals surface area contributed by atoms with Gasteiger partial charge in [-0.1, -0.05) is 17.6 Å². The molecule has 3 nitrogen and oxygen atoms in total. The lowest BCUT2D eigenvalue weighted by Crippen LogP contribution is -2.09. The van der Waals surface area contributed by atoms with Gasteiger partial charge in [0.1, 0.15) is 13.6 Å². The number of ether oxygens (including phenoxy) is 2. The first-order valence-corrected chi connectivity index (χ1v) is 3.33. The summed E-state index contributed by atoms with van der Waals surface area (Å²) in [5.74, 6) is 0.377. The van der Waals surface area contributed by atoms with Crippen LogP contribution < -0.4 is 10.2 Å². The Bertz CT molecular complexity index is 285. The lowest BCUT2D eigenvalue weighted by atomic mass is 9.96. The zero-order chi connectivity index (χ0) is 8.97. The fourth-order valence-corrected chi connectivity index (χ4v) is 0.716. The number of carbonyl (C=O) groups is 1. The lowest BCUT2D eigenvalue weighted by molar-refractivity contribution is 0.121. The Morgan fingerprint density at radius 2 is 2.25 bits per heavy atom. The molecule has 4 heteroatoms. The van der Waals surface area contributed by atoms with Crippen LogP contribution in [0.2, 0.25) is 0 Å². The molecule has 1 aromatic rings. The fourth-order valence-electron chi connectivity index (χ4n) is 0.716. The van der Waals surface area contributed by atoms with Gasteiger partial charge in [-0.05, 0) is 12.1 Å². The molecule has 60 valence electrons. The number of hydrogen-bond acceptors (Lipinski definition) is 3. The molecule has 0 saturated carbocycles. The highest BCUT2D eigenvalue weighted by Crippen LogP contribution is 2.06. The van der Waals surface area contributed by atoms with E-state index in [4.69, 9.17) is 12.6 Å². The highest BCUT2D eigenvalue weighted by atomic mass is 16.7. The molecule has 0 heterocycles. The first kappa shape index (κ1) is 8.65. The molecule has 0 aliphatic rings.